The van der Waals surface area contributed by atoms with E-state index in [0.717, 1.165) is 26.2 Å². The Balaban J connectivity index is 1.77. The molecule has 2 heterocycles. The summed E-state index contributed by atoms with van der Waals surface area (Å²) < 4.78 is 2.72. The first-order valence-electron chi connectivity index (χ1n) is 9.32. The highest BCUT2D eigenvalue weighted by molar-refractivity contribution is 5.29. The van der Waals surface area contributed by atoms with Gasteiger partial charge in [-0.1, -0.05) is 0 Å². The molecule has 0 aliphatic rings. The smallest absolute Gasteiger partial charge is 0.292 e. The van der Waals surface area contributed by atoms with Crippen molar-refractivity contribution in [1.82, 2.24) is 18.9 Å². The predicted molar refractivity (Wildman–Crippen MR) is 109 cm³/mol. The summed E-state index contributed by atoms with van der Waals surface area (Å²) in [5.41, 5.74) is 0.562. The second-order valence-corrected chi connectivity index (χ2v) is 7.32. The number of nitrogens with zero attached hydrogens (tertiary/aromatic N) is 4. The van der Waals surface area contributed by atoms with Crippen molar-refractivity contribution in [3.63, 3.8) is 0 Å². The molecule has 0 spiro atoms. The van der Waals surface area contributed by atoms with Gasteiger partial charge in [-0.25, -0.2) is 0 Å². The zero-order valence-corrected chi connectivity index (χ0v) is 17.1. The molecule has 0 saturated carbocycles. The van der Waals surface area contributed by atoms with Gasteiger partial charge in [0.05, 0.1) is 0 Å². The van der Waals surface area contributed by atoms with Gasteiger partial charge in [0.2, 0.25) is 0 Å². The first-order valence-corrected chi connectivity index (χ1v) is 9.32. The van der Waals surface area contributed by atoms with Gasteiger partial charge in [-0.15, -0.1) is 0 Å². The average Bonchev–Trinajstić information content (AvgIpc) is 2.67. The molecule has 0 saturated heterocycles. The standard InChI is InChI=1S/C20H30N4O4/c1-21(9-5-15-7-11-23(3)19(27)17(15)25)13-14-22(2)10-6-16-8-12-24(4)20(28)18(16)26/h7-8,11-12,25-26H,5-6,9-10,13-14H2,1-4H3. The van der Waals surface area contributed by atoms with E-state index in [4.69, 9.17) is 0 Å². The molecule has 0 fully saturated rings. The first-order chi connectivity index (χ1) is 13.2. The van der Waals surface area contributed by atoms with Crippen LogP contribution in [0, 0.1) is 0 Å². The Morgan fingerprint density at radius 2 is 1.11 bits per heavy atom. The molecule has 0 bridgehead atoms. The van der Waals surface area contributed by atoms with Crippen LogP contribution >= 0.6 is 0 Å². The van der Waals surface area contributed by atoms with Crippen molar-refractivity contribution in [3.8, 4) is 11.5 Å². The van der Waals surface area contributed by atoms with Gasteiger partial charge in [-0.2, -0.15) is 0 Å². The molecule has 2 N–H and O–H groups in total. The largest absolute Gasteiger partial charge is 0.503 e. The van der Waals surface area contributed by atoms with E-state index in [-0.39, 0.29) is 22.6 Å². The molecule has 154 valence electrons. The van der Waals surface area contributed by atoms with Crippen LogP contribution in [0.25, 0.3) is 0 Å². The highest BCUT2D eigenvalue weighted by Crippen LogP contribution is 2.12. The highest BCUT2D eigenvalue weighted by Gasteiger charge is 2.10. The Morgan fingerprint density at radius 3 is 1.46 bits per heavy atom. The molecular weight excluding hydrogens is 360 g/mol. The normalized spacial score (nSPS) is 11.5. The number of rotatable bonds is 9. The van der Waals surface area contributed by atoms with Crippen molar-refractivity contribution < 1.29 is 10.2 Å². The Labute approximate surface area is 164 Å². The lowest BCUT2D eigenvalue weighted by atomic mass is 10.1. The molecule has 0 unspecified atom stereocenters. The zero-order chi connectivity index (χ0) is 20.8. The summed E-state index contributed by atoms with van der Waals surface area (Å²) in [6, 6.07) is 3.54. The van der Waals surface area contributed by atoms with Gasteiger partial charge in [0.25, 0.3) is 11.1 Å². The maximum atomic E-state index is 11.8. The van der Waals surface area contributed by atoms with Crippen molar-refractivity contribution in [2.75, 3.05) is 40.3 Å². The molecule has 0 aromatic carbocycles. The van der Waals surface area contributed by atoms with Crippen LogP contribution < -0.4 is 11.1 Å². The Morgan fingerprint density at radius 1 is 0.750 bits per heavy atom. The van der Waals surface area contributed by atoms with Crippen molar-refractivity contribution in [2.45, 2.75) is 12.8 Å². The lowest BCUT2D eigenvalue weighted by Gasteiger charge is -2.22. The highest BCUT2D eigenvalue weighted by atomic mass is 16.3. The second kappa shape index (κ2) is 9.57. The zero-order valence-electron chi connectivity index (χ0n) is 17.1. The van der Waals surface area contributed by atoms with Crippen molar-refractivity contribution in [3.05, 3.63) is 56.4 Å². The van der Waals surface area contributed by atoms with E-state index in [1.807, 2.05) is 14.1 Å². The van der Waals surface area contributed by atoms with Crippen LogP contribution in [-0.4, -0.2) is 69.4 Å². The Hall–Kier alpha value is -2.58. The summed E-state index contributed by atoms with van der Waals surface area (Å²) in [5, 5.41) is 19.9. The van der Waals surface area contributed by atoms with Gasteiger partial charge in [0.15, 0.2) is 11.5 Å². The van der Waals surface area contributed by atoms with Crippen LogP contribution in [0.3, 0.4) is 0 Å². The van der Waals surface area contributed by atoms with Crippen molar-refractivity contribution >= 4 is 0 Å². The predicted octanol–water partition coefficient (Wildman–Crippen LogP) is 0.144. The van der Waals surface area contributed by atoms with Crippen LogP contribution in [0.4, 0.5) is 0 Å². The first kappa shape index (κ1) is 21.7. The number of pyridine rings is 2. The molecule has 8 heteroatoms. The number of aromatic nitrogens is 2. The van der Waals surface area contributed by atoms with E-state index in [9.17, 15) is 19.8 Å². The quantitative estimate of drug-likeness (QED) is 0.633. The molecule has 0 atom stereocenters. The second-order valence-electron chi connectivity index (χ2n) is 7.32. The van der Waals surface area contributed by atoms with Crippen LogP contribution in [0.1, 0.15) is 11.1 Å². The van der Waals surface area contributed by atoms with Crippen molar-refractivity contribution in [2.24, 2.45) is 14.1 Å². The Kier molecular flexibility index (Phi) is 7.42. The SMILES string of the molecule is CN(CCc1ccn(C)c(=O)c1O)CCN(C)CCc1ccn(C)c(=O)c1O. The third-order valence-electron chi connectivity index (χ3n) is 5.04. The summed E-state index contributed by atoms with van der Waals surface area (Å²) in [6.45, 7) is 3.10. The molecule has 0 radical (unpaired) electrons. The molecule has 0 aliphatic heterocycles. The van der Waals surface area contributed by atoms with Crippen LogP contribution in [0.15, 0.2) is 34.1 Å². The molecule has 2 rings (SSSR count). The Bertz CT molecular complexity index is 844. The lowest BCUT2D eigenvalue weighted by Crippen LogP contribution is -2.33. The van der Waals surface area contributed by atoms with Gasteiger partial charge in [-0.3, -0.25) is 9.59 Å². The summed E-state index contributed by atoms with van der Waals surface area (Å²) >= 11 is 0. The van der Waals surface area contributed by atoms with Gasteiger partial charge < -0.3 is 29.1 Å². The van der Waals surface area contributed by atoms with Crippen molar-refractivity contribution in [1.29, 1.82) is 0 Å². The van der Waals surface area contributed by atoms with E-state index in [0.29, 0.717) is 24.0 Å². The maximum absolute atomic E-state index is 11.8. The minimum atomic E-state index is -0.376. The van der Waals surface area contributed by atoms with Crippen LogP contribution in [0.2, 0.25) is 0 Å². The van der Waals surface area contributed by atoms with E-state index in [1.54, 1.807) is 38.6 Å². The number of likely N-dealkylation sites (N-methyl/N-ethyl adjacent to an activating group) is 2. The van der Waals surface area contributed by atoms with Crippen LogP contribution in [0.5, 0.6) is 11.5 Å². The summed E-state index contributed by atoms with van der Waals surface area (Å²) in [6.07, 6.45) is 4.53. The fourth-order valence-electron chi connectivity index (χ4n) is 2.90. The van der Waals surface area contributed by atoms with Crippen LogP contribution in [-0.2, 0) is 26.9 Å². The molecular formula is C20H30N4O4. The molecule has 0 amide bonds. The average molecular weight is 390 g/mol. The number of hydrogen-bond donors (Lipinski definition) is 2. The molecule has 8 nitrogen and oxygen atoms in total. The van der Waals surface area contributed by atoms with Gasteiger partial charge in [-0.05, 0) is 39.1 Å². The van der Waals surface area contributed by atoms with E-state index in [1.165, 1.54) is 9.13 Å². The monoisotopic (exact) mass is 390 g/mol. The number of aromatic hydroxyl groups is 2. The van der Waals surface area contributed by atoms with Gasteiger partial charge >= 0.3 is 0 Å². The number of aryl methyl sites for hydroxylation is 2. The topological polar surface area (TPSA) is 90.9 Å². The lowest BCUT2D eigenvalue weighted by molar-refractivity contribution is 0.258. The van der Waals surface area contributed by atoms with E-state index < -0.39 is 0 Å². The third kappa shape index (κ3) is 5.46. The maximum Gasteiger partial charge on any atom is 0.292 e. The minimum Gasteiger partial charge on any atom is -0.503 e. The molecule has 28 heavy (non-hydrogen) atoms. The fourth-order valence-corrected chi connectivity index (χ4v) is 2.90. The fraction of sp³-hybridized carbons (Fsp3) is 0.500. The molecule has 0 aliphatic carbocycles. The molecule has 2 aromatic rings. The minimum absolute atomic E-state index is 0.177. The summed E-state index contributed by atoms with van der Waals surface area (Å²) in [5.74, 6) is -0.353. The summed E-state index contributed by atoms with van der Waals surface area (Å²) in [4.78, 5) is 27.8. The third-order valence-corrected chi connectivity index (χ3v) is 5.04. The van der Waals surface area contributed by atoms with E-state index in [2.05, 4.69) is 9.80 Å². The number of hydrogen-bond acceptors (Lipinski definition) is 6. The molecule has 2 aromatic heterocycles. The summed E-state index contributed by atoms with van der Waals surface area (Å²) in [7, 11) is 7.22. The van der Waals surface area contributed by atoms with Gasteiger partial charge in [0, 0.05) is 63.8 Å². The van der Waals surface area contributed by atoms with Gasteiger partial charge in [0.1, 0.15) is 0 Å². The van der Waals surface area contributed by atoms with E-state index >= 15 is 0 Å².